The van der Waals surface area contributed by atoms with Crippen LogP contribution in [0.2, 0.25) is 0 Å². The number of halogens is 1. The van der Waals surface area contributed by atoms with Gasteiger partial charge >= 0.3 is 0 Å². The molecule has 192 valence electrons. The van der Waals surface area contributed by atoms with Gasteiger partial charge in [0.25, 0.3) is 11.6 Å². The number of carbonyl (C=O) groups excluding carboxylic acids is 2. The first-order valence-electron chi connectivity index (χ1n) is 10.7. The summed E-state index contributed by atoms with van der Waals surface area (Å²) in [5.41, 5.74) is -0.0801. The molecule has 0 bridgehead atoms. The van der Waals surface area contributed by atoms with E-state index in [1.54, 1.807) is 24.3 Å². The van der Waals surface area contributed by atoms with Gasteiger partial charge in [-0.2, -0.15) is 0 Å². The van der Waals surface area contributed by atoms with Crippen LogP contribution >= 0.6 is 27.3 Å². The van der Waals surface area contributed by atoms with Gasteiger partial charge in [0.15, 0.2) is 16.7 Å². The van der Waals surface area contributed by atoms with Gasteiger partial charge in [-0.3, -0.25) is 24.6 Å². The van der Waals surface area contributed by atoms with E-state index in [1.165, 1.54) is 18.4 Å². The van der Waals surface area contributed by atoms with E-state index in [-0.39, 0.29) is 31.3 Å². The van der Waals surface area contributed by atoms with Crippen molar-refractivity contribution in [2.45, 2.75) is 15.1 Å². The van der Waals surface area contributed by atoms with Gasteiger partial charge < -0.3 is 9.52 Å². The van der Waals surface area contributed by atoms with E-state index in [0.29, 0.717) is 21.4 Å². The average Bonchev–Trinajstić information content (AvgIpc) is 3.65. The van der Waals surface area contributed by atoms with Crippen molar-refractivity contribution in [3.05, 3.63) is 110 Å². The fourth-order valence-electron chi connectivity index (χ4n) is 3.92. The number of non-ortho nitro benzene ring substituents is 1. The minimum Gasteiger partial charge on any atom is -0.503 e. The summed E-state index contributed by atoms with van der Waals surface area (Å²) in [5.74, 6) is -2.57. The summed E-state index contributed by atoms with van der Waals surface area (Å²) in [6.07, 6.45) is 2.33. The maximum atomic E-state index is 13.3. The van der Waals surface area contributed by atoms with Crippen LogP contribution in [0.25, 0.3) is 0 Å². The van der Waals surface area contributed by atoms with Crippen molar-refractivity contribution < 1.29 is 32.5 Å². The number of hydrogen-bond acceptors (Lipinski definition) is 10. The minimum atomic E-state index is -4.15. The predicted octanol–water partition coefficient (Wildman–Crippen LogP) is 5.02. The first kappa shape index (κ1) is 25.5. The van der Waals surface area contributed by atoms with Gasteiger partial charge in [0.2, 0.25) is 15.6 Å². The van der Waals surface area contributed by atoms with Gasteiger partial charge in [0, 0.05) is 16.6 Å². The number of aliphatic hydroxyl groups is 1. The van der Waals surface area contributed by atoms with E-state index in [1.807, 2.05) is 0 Å². The highest BCUT2D eigenvalue weighted by Gasteiger charge is 2.46. The number of nitro groups is 1. The molecule has 0 spiro atoms. The molecule has 0 unspecified atom stereocenters. The number of sulfone groups is 1. The zero-order valence-electron chi connectivity index (χ0n) is 18.8. The zero-order valence-corrected chi connectivity index (χ0v) is 22.1. The smallest absolute Gasteiger partial charge is 0.296 e. The molecule has 0 aliphatic carbocycles. The lowest BCUT2D eigenvalue weighted by Crippen LogP contribution is -2.30. The molecule has 1 amide bonds. The molecule has 0 radical (unpaired) electrons. The lowest BCUT2D eigenvalue weighted by molar-refractivity contribution is -0.384. The van der Waals surface area contributed by atoms with Gasteiger partial charge in [-0.15, -0.1) is 0 Å². The van der Waals surface area contributed by atoms with Crippen molar-refractivity contribution in [3.63, 3.8) is 0 Å². The lowest BCUT2D eigenvalue weighted by Gasteiger charge is -2.24. The molecule has 0 saturated carbocycles. The van der Waals surface area contributed by atoms with Crippen molar-refractivity contribution in [3.8, 4) is 0 Å². The molecule has 0 saturated heterocycles. The number of aromatic nitrogens is 1. The SMILES string of the molecule is O=C(C1=C(O)C(=O)N(c2ncc(S(=O)(=O)c3ccc([N+](=O)[O-])cc3)s2)[C@H]1c1cccc(Br)c1)c1ccco1. The minimum absolute atomic E-state index is 0.0887. The van der Waals surface area contributed by atoms with E-state index in [0.717, 1.165) is 35.4 Å². The Bertz CT molecular complexity index is 1730. The molecule has 4 aromatic rings. The number of thiazole rings is 1. The maximum absolute atomic E-state index is 13.3. The second-order valence-electron chi connectivity index (χ2n) is 7.92. The second kappa shape index (κ2) is 9.63. The summed E-state index contributed by atoms with van der Waals surface area (Å²) in [6, 6.07) is 12.8. The number of nitro benzene ring substituents is 1. The molecular formula is C24H14BrN3O8S2. The van der Waals surface area contributed by atoms with Crippen LogP contribution in [-0.4, -0.2) is 35.1 Å². The summed E-state index contributed by atoms with van der Waals surface area (Å²) < 4.78 is 31.9. The van der Waals surface area contributed by atoms with Crippen molar-refractivity contribution in [2.24, 2.45) is 0 Å². The molecule has 38 heavy (non-hydrogen) atoms. The summed E-state index contributed by atoms with van der Waals surface area (Å²) in [6.45, 7) is 0. The Kier molecular flexibility index (Phi) is 6.46. The quantitative estimate of drug-likeness (QED) is 0.171. The van der Waals surface area contributed by atoms with Crippen LogP contribution in [0.4, 0.5) is 10.8 Å². The van der Waals surface area contributed by atoms with Crippen molar-refractivity contribution in [1.29, 1.82) is 0 Å². The summed E-state index contributed by atoms with van der Waals surface area (Å²) in [7, 11) is -4.15. The number of carbonyl (C=O) groups is 2. The molecule has 5 rings (SSSR count). The van der Waals surface area contributed by atoms with E-state index in [4.69, 9.17) is 4.42 Å². The number of furan rings is 1. The lowest BCUT2D eigenvalue weighted by atomic mass is 9.95. The van der Waals surface area contributed by atoms with Gasteiger partial charge in [-0.05, 0) is 42.0 Å². The van der Waals surface area contributed by atoms with Gasteiger partial charge in [-0.1, -0.05) is 39.4 Å². The van der Waals surface area contributed by atoms with Crippen molar-refractivity contribution >= 4 is 59.6 Å². The van der Waals surface area contributed by atoms with E-state index in [2.05, 4.69) is 20.9 Å². The Morgan fingerprint density at radius 2 is 1.89 bits per heavy atom. The fraction of sp³-hybridized carbons (Fsp3) is 0.0417. The molecule has 0 fully saturated rings. The third-order valence-corrected chi connectivity index (χ3v) is 9.38. The Hall–Kier alpha value is -4.14. The molecule has 1 aliphatic heterocycles. The largest absolute Gasteiger partial charge is 0.503 e. The normalized spacial score (nSPS) is 15.8. The first-order valence-corrected chi connectivity index (χ1v) is 13.7. The van der Waals surface area contributed by atoms with Crippen LogP contribution in [0.1, 0.15) is 22.2 Å². The van der Waals surface area contributed by atoms with Gasteiger partial charge in [0.05, 0.1) is 33.9 Å². The molecule has 14 heteroatoms. The average molecular weight is 616 g/mol. The second-order valence-corrected chi connectivity index (χ2v) is 12.0. The fourth-order valence-corrected chi connectivity index (χ4v) is 6.88. The standard InChI is InChI=1S/C24H14BrN3O8S2/c25-14-4-1-3-13(11-14)20-19(21(29)17-5-2-10-36-17)22(30)23(31)27(20)24-26-12-18(37-24)38(34,35)16-8-6-15(7-9-16)28(32)33/h1-12,20,30H/t20-/m0/s1. The molecule has 2 aromatic carbocycles. The third kappa shape index (κ3) is 4.31. The van der Waals surface area contributed by atoms with Crippen molar-refractivity contribution in [1.82, 2.24) is 4.98 Å². The molecule has 3 heterocycles. The number of amides is 1. The monoisotopic (exact) mass is 615 g/mol. The van der Waals surface area contributed by atoms with Crippen LogP contribution in [-0.2, 0) is 14.6 Å². The molecule has 2 aromatic heterocycles. The van der Waals surface area contributed by atoms with E-state index in [9.17, 15) is 33.2 Å². The maximum Gasteiger partial charge on any atom is 0.296 e. The first-order chi connectivity index (χ1) is 18.1. The topological polar surface area (TPSA) is 161 Å². The van der Waals surface area contributed by atoms with Crippen LogP contribution in [0.5, 0.6) is 0 Å². The molecule has 1 aliphatic rings. The summed E-state index contributed by atoms with van der Waals surface area (Å²) in [5, 5.41) is 21.6. The number of rotatable bonds is 7. The Labute approximate surface area is 226 Å². The van der Waals surface area contributed by atoms with Crippen molar-refractivity contribution in [2.75, 3.05) is 4.90 Å². The summed E-state index contributed by atoms with van der Waals surface area (Å²) >= 11 is 4.01. The van der Waals surface area contributed by atoms with E-state index < -0.39 is 38.3 Å². The molecule has 1 N–H and O–H groups in total. The molecular weight excluding hydrogens is 602 g/mol. The number of hydrogen-bond donors (Lipinski definition) is 1. The number of Topliss-reactive ketones (excluding diaryl/α,β-unsaturated/α-hetero) is 1. The highest BCUT2D eigenvalue weighted by atomic mass is 79.9. The summed E-state index contributed by atoms with van der Waals surface area (Å²) in [4.78, 5) is 41.8. The molecule has 11 nitrogen and oxygen atoms in total. The Morgan fingerprint density at radius 1 is 1.16 bits per heavy atom. The highest BCUT2D eigenvalue weighted by molar-refractivity contribution is 9.10. The van der Waals surface area contributed by atoms with Crippen LogP contribution in [0.3, 0.4) is 0 Å². The number of benzene rings is 2. The third-order valence-electron chi connectivity index (χ3n) is 5.66. The predicted molar refractivity (Wildman–Crippen MR) is 138 cm³/mol. The number of anilines is 1. The highest BCUT2D eigenvalue weighted by Crippen LogP contribution is 2.44. The molecule has 1 atom stereocenters. The van der Waals surface area contributed by atoms with Crippen LogP contribution in [0, 0.1) is 10.1 Å². The number of aliphatic hydroxyl groups excluding tert-OH is 1. The zero-order chi connectivity index (χ0) is 27.2. The number of ketones is 1. The van der Waals surface area contributed by atoms with Crippen LogP contribution < -0.4 is 4.90 Å². The number of nitrogens with zero attached hydrogens (tertiary/aromatic N) is 3. The Balaban J connectivity index is 1.58. The van der Waals surface area contributed by atoms with Gasteiger partial charge in [-0.25, -0.2) is 13.4 Å². The van der Waals surface area contributed by atoms with E-state index >= 15 is 0 Å². The van der Waals surface area contributed by atoms with Crippen LogP contribution in [0.15, 0.2) is 102 Å². The van der Waals surface area contributed by atoms with Gasteiger partial charge in [0.1, 0.15) is 4.21 Å². The Morgan fingerprint density at radius 3 is 2.53 bits per heavy atom.